The van der Waals surface area contributed by atoms with Crippen LogP contribution in [0.3, 0.4) is 0 Å². The molecule has 0 aromatic carbocycles. The van der Waals surface area contributed by atoms with Crippen LogP contribution >= 0.6 is 0 Å². The summed E-state index contributed by atoms with van der Waals surface area (Å²) in [6, 6.07) is 0. The molecule has 2 aliphatic rings. The van der Waals surface area contributed by atoms with E-state index in [1.165, 1.54) is 0 Å². The number of nitrogens with one attached hydrogen (secondary N) is 2. The monoisotopic (exact) mass is 312 g/mol. The van der Waals surface area contributed by atoms with Gasteiger partial charge in [0.2, 0.25) is 5.91 Å². The number of hydrogen-bond donors (Lipinski definition) is 2. The highest BCUT2D eigenvalue weighted by molar-refractivity contribution is 5.95. The topological polar surface area (TPSA) is 93.7 Å². The van der Waals surface area contributed by atoms with Gasteiger partial charge in [-0.15, -0.1) is 0 Å². The quantitative estimate of drug-likeness (QED) is 0.513. The van der Waals surface area contributed by atoms with Crippen LogP contribution in [-0.4, -0.2) is 49.2 Å². The molecule has 1 heterocycles. The van der Waals surface area contributed by atoms with E-state index < -0.39 is 22.8 Å². The minimum absolute atomic E-state index is 0.198. The predicted molar refractivity (Wildman–Crippen MR) is 77.9 cm³/mol. The van der Waals surface area contributed by atoms with Crippen molar-refractivity contribution in [3.8, 4) is 0 Å². The third kappa shape index (κ3) is 3.09. The number of carbonyl (C=O) groups is 3. The molecule has 1 aliphatic carbocycles. The molecule has 2 fully saturated rings. The Kier molecular flexibility index (Phi) is 4.75. The normalized spacial score (nSPS) is 20.7. The fraction of sp³-hybridized carbons (Fsp3) is 0.800. The number of carbonyl (C=O) groups excluding carboxylic acids is 3. The lowest BCUT2D eigenvalue weighted by Gasteiger charge is -2.46. The minimum atomic E-state index is -0.721. The first-order chi connectivity index (χ1) is 10.3. The Bertz CT molecular complexity index is 467. The van der Waals surface area contributed by atoms with Crippen LogP contribution in [0.5, 0.6) is 0 Å². The molecule has 22 heavy (non-hydrogen) atoms. The van der Waals surface area contributed by atoms with E-state index in [-0.39, 0.29) is 25.1 Å². The van der Waals surface area contributed by atoms with Gasteiger partial charge in [0.05, 0.1) is 18.2 Å². The second-order valence-electron chi connectivity index (χ2n) is 6.25. The van der Waals surface area contributed by atoms with Gasteiger partial charge in [0.15, 0.2) is 0 Å². The molecule has 1 saturated carbocycles. The van der Waals surface area contributed by atoms with Gasteiger partial charge in [-0.05, 0) is 33.6 Å². The summed E-state index contributed by atoms with van der Waals surface area (Å²) in [6.07, 6.45) is 0.918. The van der Waals surface area contributed by atoms with Crippen LogP contribution in [-0.2, 0) is 23.9 Å². The van der Waals surface area contributed by atoms with Crippen LogP contribution in [0.25, 0.3) is 0 Å². The average molecular weight is 312 g/mol. The number of hydrogen-bond acceptors (Lipinski definition) is 6. The van der Waals surface area contributed by atoms with Crippen molar-refractivity contribution in [1.29, 1.82) is 0 Å². The molecule has 1 saturated heterocycles. The van der Waals surface area contributed by atoms with Gasteiger partial charge >= 0.3 is 11.9 Å². The van der Waals surface area contributed by atoms with E-state index in [2.05, 4.69) is 10.6 Å². The van der Waals surface area contributed by atoms with Gasteiger partial charge in [-0.1, -0.05) is 0 Å². The Morgan fingerprint density at radius 3 is 2.27 bits per heavy atom. The molecular formula is C15H24N2O5. The number of amides is 1. The molecule has 0 bridgehead atoms. The molecule has 124 valence electrons. The van der Waals surface area contributed by atoms with Gasteiger partial charge in [-0.25, -0.2) is 0 Å². The van der Waals surface area contributed by atoms with E-state index in [0.717, 1.165) is 12.8 Å². The van der Waals surface area contributed by atoms with Crippen LogP contribution in [0.1, 0.15) is 40.0 Å². The second kappa shape index (κ2) is 6.24. The molecule has 2 rings (SSSR count). The zero-order chi connectivity index (χ0) is 16.4. The van der Waals surface area contributed by atoms with Crippen LogP contribution < -0.4 is 10.6 Å². The number of esters is 2. The molecule has 0 radical (unpaired) electrons. The van der Waals surface area contributed by atoms with Crippen molar-refractivity contribution in [3.05, 3.63) is 0 Å². The molecule has 0 aromatic rings. The van der Waals surface area contributed by atoms with Crippen molar-refractivity contribution in [2.24, 2.45) is 5.41 Å². The Morgan fingerprint density at radius 1 is 1.23 bits per heavy atom. The Morgan fingerprint density at radius 2 is 1.86 bits per heavy atom. The number of rotatable bonds is 7. The number of ether oxygens (including phenoxy) is 2. The van der Waals surface area contributed by atoms with Gasteiger partial charge in [-0.2, -0.15) is 0 Å². The molecular weight excluding hydrogens is 288 g/mol. The molecule has 0 unspecified atom stereocenters. The van der Waals surface area contributed by atoms with Crippen LogP contribution in [0.15, 0.2) is 0 Å². The molecule has 1 amide bonds. The highest BCUT2D eigenvalue weighted by Crippen LogP contribution is 2.53. The first-order valence-electron chi connectivity index (χ1n) is 7.74. The maximum atomic E-state index is 12.4. The second-order valence-corrected chi connectivity index (χ2v) is 6.25. The van der Waals surface area contributed by atoms with Crippen LogP contribution in [0.2, 0.25) is 0 Å². The molecule has 7 nitrogen and oxygen atoms in total. The average Bonchev–Trinajstić information content (AvgIpc) is 3.06. The Balaban J connectivity index is 2.01. The Labute approximate surface area is 130 Å². The summed E-state index contributed by atoms with van der Waals surface area (Å²) in [5, 5.41) is 5.97. The van der Waals surface area contributed by atoms with E-state index in [1.807, 2.05) is 0 Å². The van der Waals surface area contributed by atoms with Gasteiger partial charge in [0.1, 0.15) is 11.8 Å². The lowest BCUT2D eigenvalue weighted by molar-refractivity contribution is -0.167. The highest BCUT2D eigenvalue weighted by atomic mass is 16.5. The fourth-order valence-electron chi connectivity index (χ4n) is 2.88. The zero-order valence-corrected chi connectivity index (χ0v) is 13.4. The third-order valence-electron chi connectivity index (χ3n) is 4.24. The largest absolute Gasteiger partial charge is 0.466 e. The van der Waals surface area contributed by atoms with Gasteiger partial charge in [0, 0.05) is 13.1 Å². The van der Waals surface area contributed by atoms with E-state index in [1.54, 1.807) is 20.8 Å². The van der Waals surface area contributed by atoms with Crippen LogP contribution in [0.4, 0.5) is 0 Å². The van der Waals surface area contributed by atoms with Crippen molar-refractivity contribution in [1.82, 2.24) is 10.6 Å². The highest BCUT2D eigenvalue weighted by Gasteiger charge is 2.67. The standard InChI is InChI=1S/C15H24N2O5/c1-4-21-12(19)7-11(18)17-15(5-6-15)14(8-16-9-14)13(20)22-10(2)3/h10,16H,4-9H2,1-3H3,(H,17,18). The first-order valence-corrected chi connectivity index (χ1v) is 7.74. The molecule has 0 aromatic heterocycles. The first kappa shape index (κ1) is 16.7. The lowest BCUT2D eigenvalue weighted by atomic mass is 9.72. The van der Waals surface area contributed by atoms with Crippen molar-refractivity contribution in [2.45, 2.75) is 51.7 Å². The van der Waals surface area contributed by atoms with E-state index in [4.69, 9.17) is 9.47 Å². The third-order valence-corrected chi connectivity index (χ3v) is 4.24. The summed E-state index contributed by atoms with van der Waals surface area (Å²) >= 11 is 0. The Hall–Kier alpha value is -1.63. The van der Waals surface area contributed by atoms with Crippen molar-refractivity contribution in [3.63, 3.8) is 0 Å². The van der Waals surface area contributed by atoms with Crippen molar-refractivity contribution in [2.75, 3.05) is 19.7 Å². The smallest absolute Gasteiger partial charge is 0.317 e. The van der Waals surface area contributed by atoms with Crippen molar-refractivity contribution >= 4 is 17.8 Å². The maximum Gasteiger partial charge on any atom is 0.317 e. The summed E-state index contributed by atoms with van der Waals surface area (Å²) in [6.45, 7) is 6.50. The van der Waals surface area contributed by atoms with Crippen LogP contribution in [0, 0.1) is 5.41 Å². The molecule has 2 N–H and O–H groups in total. The molecule has 1 aliphatic heterocycles. The summed E-state index contributed by atoms with van der Waals surface area (Å²) in [4.78, 5) is 35.9. The maximum absolute atomic E-state index is 12.4. The lowest BCUT2D eigenvalue weighted by Crippen LogP contribution is -2.70. The van der Waals surface area contributed by atoms with Gasteiger partial charge < -0.3 is 20.1 Å². The fourth-order valence-corrected chi connectivity index (χ4v) is 2.88. The van der Waals surface area contributed by atoms with Gasteiger partial charge in [0.25, 0.3) is 0 Å². The predicted octanol–water partition coefficient (Wildman–Crippen LogP) is 0.130. The van der Waals surface area contributed by atoms with Gasteiger partial charge in [-0.3, -0.25) is 14.4 Å². The molecule has 0 atom stereocenters. The van der Waals surface area contributed by atoms with E-state index in [0.29, 0.717) is 13.1 Å². The summed E-state index contributed by atoms with van der Waals surface area (Å²) in [5.74, 6) is -1.24. The van der Waals surface area contributed by atoms with Crippen molar-refractivity contribution < 1.29 is 23.9 Å². The van der Waals surface area contributed by atoms with E-state index in [9.17, 15) is 14.4 Å². The summed E-state index contributed by atoms with van der Waals surface area (Å²) in [7, 11) is 0. The SMILES string of the molecule is CCOC(=O)CC(=O)NC1(C2(C(=O)OC(C)C)CNC2)CC1. The summed E-state index contributed by atoms with van der Waals surface area (Å²) in [5.41, 5.74) is -1.31. The molecule has 7 heteroatoms. The van der Waals surface area contributed by atoms with E-state index >= 15 is 0 Å². The minimum Gasteiger partial charge on any atom is -0.466 e. The summed E-state index contributed by atoms with van der Waals surface area (Å²) < 4.78 is 10.1. The zero-order valence-electron chi connectivity index (χ0n) is 13.4. The molecule has 0 spiro atoms.